The van der Waals surface area contributed by atoms with E-state index in [1.54, 1.807) is 19.2 Å². The van der Waals surface area contributed by atoms with Gasteiger partial charge in [-0.05, 0) is 35.4 Å². The van der Waals surface area contributed by atoms with E-state index in [2.05, 4.69) is 10.1 Å². The molecule has 0 saturated carbocycles. The van der Waals surface area contributed by atoms with E-state index < -0.39 is 31.1 Å². The average molecular weight is 474 g/mol. The first-order valence-corrected chi connectivity index (χ1v) is 9.58. The maximum absolute atomic E-state index is 12.6. The van der Waals surface area contributed by atoms with Crippen LogP contribution in [-0.4, -0.2) is 40.3 Å². The zero-order chi connectivity index (χ0) is 24.3. The van der Waals surface area contributed by atoms with Crippen molar-refractivity contribution in [2.75, 3.05) is 13.2 Å². The van der Waals surface area contributed by atoms with Crippen molar-refractivity contribution in [1.29, 1.82) is 0 Å². The number of nitrogens with zero attached hydrogens (tertiary/aromatic N) is 3. The first-order chi connectivity index (χ1) is 15.4. The molecule has 0 spiro atoms. The van der Waals surface area contributed by atoms with Crippen LogP contribution in [-0.2, 0) is 19.0 Å². The number of hydrogen-bond acceptors (Lipinski definition) is 5. The van der Waals surface area contributed by atoms with Gasteiger partial charge in [-0.15, -0.1) is 0 Å². The molecule has 0 saturated heterocycles. The second-order valence-corrected chi connectivity index (χ2v) is 7.31. The van der Waals surface area contributed by atoms with E-state index >= 15 is 0 Å². The van der Waals surface area contributed by atoms with Gasteiger partial charge in [-0.1, -0.05) is 24.3 Å². The fourth-order valence-electron chi connectivity index (χ4n) is 3.16. The maximum atomic E-state index is 12.6. The molecule has 6 nitrogen and oxygen atoms in total. The summed E-state index contributed by atoms with van der Waals surface area (Å²) in [5.41, 5.74) is 6.08. The van der Waals surface area contributed by atoms with E-state index in [0.29, 0.717) is 17.0 Å². The number of ether oxygens (including phenoxy) is 2. The standard InChI is InChI=1S/C21H20F6N4O2/c1-31-18(29-13-30-31)10-19(28,14-4-2-6-16(8-14)32-11-20(22,23)24)15-5-3-7-17(9-15)33-12-21(25,26)27/h2-9,13H,10-12,28H2,1H3. The minimum absolute atomic E-state index is 0.0367. The van der Waals surface area contributed by atoms with Crippen molar-refractivity contribution in [2.45, 2.75) is 24.3 Å². The lowest BCUT2D eigenvalue weighted by atomic mass is 9.80. The predicted octanol–water partition coefficient (Wildman–Crippen LogP) is 4.14. The minimum Gasteiger partial charge on any atom is -0.484 e. The van der Waals surface area contributed by atoms with Crippen molar-refractivity contribution in [3.63, 3.8) is 0 Å². The van der Waals surface area contributed by atoms with Gasteiger partial charge in [-0.2, -0.15) is 31.4 Å². The van der Waals surface area contributed by atoms with Gasteiger partial charge in [0.2, 0.25) is 0 Å². The highest BCUT2D eigenvalue weighted by atomic mass is 19.4. The highest BCUT2D eigenvalue weighted by Gasteiger charge is 2.34. The molecular weight excluding hydrogens is 454 g/mol. The molecule has 0 aliphatic heterocycles. The molecule has 12 heteroatoms. The van der Waals surface area contributed by atoms with Crippen LogP contribution in [0.25, 0.3) is 0 Å². The summed E-state index contributed by atoms with van der Waals surface area (Å²) in [4.78, 5) is 4.15. The SMILES string of the molecule is Cn1ncnc1CC(N)(c1cccc(OCC(F)(F)F)c1)c1cccc(OCC(F)(F)F)c1. The van der Waals surface area contributed by atoms with E-state index in [-0.39, 0.29) is 17.9 Å². The van der Waals surface area contributed by atoms with E-state index in [1.165, 1.54) is 47.4 Å². The molecule has 33 heavy (non-hydrogen) atoms. The molecule has 0 unspecified atom stereocenters. The number of rotatable bonds is 8. The third-order valence-corrected chi connectivity index (χ3v) is 4.75. The molecule has 0 amide bonds. The van der Waals surface area contributed by atoms with Gasteiger partial charge >= 0.3 is 12.4 Å². The molecule has 0 radical (unpaired) electrons. The van der Waals surface area contributed by atoms with Crippen molar-refractivity contribution in [1.82, 2.24) is 14.8 Å². The maximum Gasteiger partial charge on any atom is 0.422 e. The van der Waals surface area contributed by atoms with Crippen LogP contribution in [0.3, 0.4) is 0 Å². The Labute approximate surface area is 184 Å². The van der Waals surface area contributed by atoms with Gasteiger partial charge < -0.3 is 15.2 Å². The molecule has 0 atom stereocenters. The molecule has 2 N–H and O–H groups in total. The normalized spacial score (nSPS) is 12.6. The van der Waals surface area contributed by atoms with Crippen molar-refractivity contribution in [2.24, 2.45) is 12.8 Å². The lowest BCUT2D eigenvalue weighted by Gasteiger charge is -2.31. The van der Waals surface area contributed by atoms with E-state index in [4.69, 9.17) is 15.2 Å². The summed E-state index contributed by atoms with van der Waals surface area (Å²) in [6.07, 6.45) is -7.71. The molecule has 178 valence electrons. The molecule has 0 aliphatic rings. The third-order valence-electron chi connectivity index (χ3n) is 4.75. The first kappa shape index (κ1) is 24.4. The third kappa shape index (κ3) is 6.60. The zero-order valence-corrected chi connectivity index (χ0v) is 17.3. The fraction of sp³-hybridized carbons (Fsp3) is 0.333. The summed E-state index contributed by atoms with van der Waals surface area (Å²) in [5.74, 6) is 0.310. The number of aromatic nitrogens is 3. The number of aryl methyl sites for hydroxylation is 1. The fourth-order valence-corrected chi connectivity index (χ4v) is 3.16. The Balaban J connectivity index is 2.01. The first-order valence-electron chi connectivity index (χ1n) is 9.58. The van der Waals surface area contributed by atoms with E-state index in [9.17, 15) is 26.3 Å². The molecule has 0 aliphatic carbocycles. The Kier molecular flexibility index (Phi) is 6.86. The Morgan fingerprint density at radius 2 is 1.33 bits per heavy atom. The van der Waals surface area contributed by atoms with Crippen molar-refractivity contribution in [3.05, 3.63) is 71.8 Å². The number of benzene rings is 2. The lowest BCUT2D eigenvalue weighted by Crippen LogP contribution is -2.41. The number of alkyl halides is 6. The van der Waals surface area contributed by atoms with Crippen molar-refractivity contribution < 1.29 is 35.8 Å². The molecule has 3 aromatic rings. The minimum atomic E-state index is -4.53. The smallest absolute Gasteiger partial charge is 0.422 e. The van der Waals surface area contributed by atoms with Crippen LogP contribution >= 0.6 is 0 Å². The summed E-state index contributed by atoms with van der Waals surface area (Å²) in [5, 5.41) is 3.99. The molecule has 2 aromatic carbocycles. The van der Waals surface area contributed by atoms with Gasteiger partial charge in [0.05, 0.1) is 5.54 Å². The number of hydrogen-bond donors (Lipinski definition) is 1. The van der Waals surface area contributed by atoms with Crippen LogP contribution in [0.15, 0.2) is 54.9 Å². The summed E-state index contributed by atoms with van der Waals surface area (Å²) >= 11 is 0. The Hall–Kier alpha value is -3.28. The van der Waals surface area contributed by atoms with Crippen LogP contribution in [0.1, 0.15) is 17.0 Å². The quantitative estimate of drug-likeness (QED) is 0.497. The number of halogens is 6. The molecule has 3 rings (SSSR count). The largest absolute Gasteiger partial charge is 0.484 e. The van der Waals surface area contributed by atoms with Crippen LogP contribution in [0.5, 0.6) is 11.5 Å². The summed E-state index contributed by atoms with van der Waals surface area (Å²) in [6.45, 7) is -2.98. The lowest BCUT2D eigenvalue weighted by molar-refractivity contribution is -0.154. The number of nitrogens with two attached hydrogens (primary N) is 1. The Bertz CT molecular complexity index is 1020. The second kappa shape index (κ2) is 9.30. The Morgan fingerprint density at radius 1 is 0.848 bits per heavy atom. The van der Waals surface area contributed by atoms with Crippen LogP contribution in [0, 0.1) is 0 Å². The van der Waals surface area contributed by atoms with Crippen LogP contribution in [0.4, 0.5) is 26.3 Å². The van der Waals surface area contributed by atoms with Crippen LogP contribution in [0.2, 0.25) is 0 Å². The zero-order valence-electron chi connectivity index (χ0n) is 17.3. The molecule has 0 fully saturated rings. The highest BCUT2D eigenvalue weighted by Crippen LogP contribution is 2.34. The van der Waals surface area contributed by atoms with E-state index in [0.717, 1.165) is 0 Å². The van der Waals surface area contributed by atoms with Gasteiger partial charge in [0, 0.05) is 13.5 Å². The van der Waals surface area contributed by atoms with Gasteiger partial charge in [-0.3, -0.25) is 4.68 Å². The average Bonchev–Trinajstić information content (AvgIpc) is 3.14. The van der Waals surface area contributed by atoms with Gasteiger partial charge in [0.25, 0.3) is 0 Å². The topological polar surface area (TPSA) is 75.2 Å². The Morgan fingerprint density at radius 3 is 1.73 bits per heavy atom. The van der Waals surface area contributed by atoms with E-state index in [1.807, 2.05) is 0 Å². The monoisotopic (exact) mass is 474 g/mol. The molecular formula is C21H20F6N4O2. The predicted molar refractivity (Wildman–Crippen MR) is 106 cm³/mol. The van der Waals surface area contributed by atoms with Gasteiger partial charge in [0.15, 0.2) is 13.2 Å². The van der Waals surface area contributed by atoms with Crippen LogP contribution < -0.4 is 15.2 Å². The summed E-state index contributed by atoms with van der Waals surface area (Å²) in [6, 6.07) is 11.5. The van der Waals surface area contributed by atoms with Gasteiger partial charge in [-0.25, -0.2) is 4.98 Å². The highest BCUT2D eigenvalue weighted by molar-refractivity contribution is 5.44. The van der Waals surface area contributed by atoms with Crippen molar-refractivity contribution >= 4 is 0 Å². The summed E-state index contributed by atoms with van der Waals surface area (Å²) in [7, 11) is 1.63. The molecule has 1 heterocycles. The van der Waals surface area contributed by atoms with Gasteiger partial charge in [0.1, 0.15) is 23.7 Å². The van der Waals surface area contributed by atoms with Crippen molar-refractivity contribution in [3.8, 4) is 11.5 Å². The second-order valence-electron chi connectivity index (χ2n) is 7.31. The molecule has 0 bridgehead atoms. The molecule has 1 aromatic heterocycles. The summed E-state index contributed by atoms with van der Waals surface area (Å²) < 4.78 is 86.6.